The molecule has 4 heteroatoms. The van der Waals surface area contributed by atoms with Gasteiger partial charge in [0.15, 0.2) is 0 Å². The van der Waals surface area contributed by atoms with Crippen LogP contribution in [0.5, 0.6) is 0 Å². The van der Waals surface area contributed by atoms with E-state index in [0.717, 1.165) is 0 Å². The van der Waals surface area contributed by atoms with Gasteiger partial charge in [-0.1, -0.05) is 24.3 Å². The zero-order chi connectivity index (χ0) is 11.8. The topological polar surface area (TPSA) is 0 Å². The van der Waals surface area contributed by atoms with E-state index in [2.05, 4.69) is 71.3 Å². The van der Waals surface area contributed by atoms with Gasteiger partial charge in [0.05, 0.1) is 0 Å². The summed E-state index contributed by atoms with van der Waals surface area (Å²) in [6.45, 7) is 0. The molecule has 0 nitrogen and oxygen atoms in total. The molecule has 1 aromatic rings. The summed E-state index contributed by atoms with van der Waals surface area (Å²) in [5, 5.41) is 1.27. The summed E-state index contributed by atoms with van der Waals surface area (Å²) in [5.74, 6) is 7.54. The van der Waals surface area contributed by atoms with Crippen molar-refractivity contribution in [3.05, 3.63) is 35.4 Å². The minimum absolute atomic E-state index is 1.18. The van der Waals surface area contributed by atoms with Crippen LogP contribution in [0, 0.1) is 0 Å². The lowest BCUT2D eigenvalue weighted by Crippen LogP contribution is -1.92. The van der Waals surface area contributed by atoms with E-state index < -0.39 is 0 Å². The molecule has 0 aromatic heterocycles. The fourth-order valence-corrected chi connectivity index (χ4v) is 6.21. The minimum atomic E-state index is 1.18. The summed E-state index contributed by atoms with van der Waals surface area (Å²) in [5.41, 5.74) is 3.09. The van der Waals surface area contributed by atoms with Crippen molar-refractivity contribution >= 4 is 47.0 Å². The summed E-state index contributed by atoms with van der Waals surface area (Å²) in [6, 6.07) is 8.94. The number of fused-ring (bicyclic) bond motifs is 1. The Kier molecular flexibility index (Phi) is 7.16. The van der Waals surface area contributed by atoms with Crippen LogP contribution in [0.25, 0.3) is 0 Å². The number of benzene rings is 1. The summed E-state index contributed by atoms with van der Waals surface area (Å²) in [6.07, 6.45) is 0. The Balaban J connectivity index is 1.95. The number of rotatable bonds is 0. The molecule has 0 aliphatic carbocycles. The zero-order valence-electron chi connectivity index (χ0n) is 9.89. The molecule has 0 spiro atoms. The van der Waals surface area contributed by atoms with Crippen LogP contribution in [0.3, 0.4) is 0 Å². The van der Waals surface area contributed by atoms with E-state index in [1.807, 2.05) is 0 Å². The SMILES string of the molecule is c1ccc2c(c1)CSCCSCSCCSC2. The molecule has 1 aliphatic heterocycles. The van der Waals surface area contributed by atoms with E-state index in [1.54, 1.807) is 11.1 Å². The molecular weight excluding hydrogens is 284 g/mol. The maximum absolute atomic E-state index is 2.30. The van der Waals surface area contributed by atoms with Gasteiger partial charge in [0.2, 0.25) is 0 Å². The molecular formula is C13H18S4. The molecule has 0 radical (unpaired) electrons. The highest BCUT2D eigenvalue weighted by Gasteiger charge is 2.03. The van der Waals surface area contributed by atoms with Gasteiger partial charge in [0, 0.05) is 39.6 Å². The number of hydrogen-bond donors (Lipinski definition) is 0. The molecule has 17 heavy (non-hydrogen) atoms. The average molecular weight is 303 g/mol. The Bertz CT molecular complexity index is 296. The molecule has 0 saturated carbocycles. The maximum atomic E-state index is 2.30. The van der Waals surface area contributed by atoms with E-state index >= 15 is 0 Å². The predicted molar refractivity (Wildman–Crippen MR) is 88.5 cm³/mol. The van der Waals surface area contributed by atoms with Gasteiger partial charge >= 0.3 is 0 Å². The third kappa shape index (κ3) is 5.41. The van der Waals surface area contributed by atoms with Gasteiger partial charge in [-0.25, -0.2) is 0 Å². The maximum Gasteiger partial charge on any atom is 0.0392 e. The van der Waals surface area contributed by atoms with Crippen LogP contribution >= 0.6 is 47.0 Å². The largest absolute Gasteiger partial charge is 0.156 e. The molecule has 1 aromatic carbocycles. The fraction of sp³-hybridized carbons (Fsp3) is 0.538. The zero-order valence-corrected chi connectivity index (χ0v) is 13.2. The Hall–Kier alpha value is 0.620. The summed E-state index contributed by atoms with van der Waals surface area (Å²) >= 11 is 8.33. The van der Waals surface area contributed by atoms with Crippen molar-refractivity contribution in [1.82, 2.24) is 0 Å². The van der Waals surface area contributed by atoms with Gasteiger partial charge in [-0.15, -0.1) is 0 Å². The molecule has 94 valence electrons. The minimum Gasteiger partial charge on any atom is -0.156 e. The molecule has 0 unspecified atom stereocenters. The van der Waals surface area contributed by atoms with Gasteiger partial charge < -0.3 is 0 Å². The van der Waals surface area contributed by atoms with Crippen molar-refractivity contribution in [2.24, 2.45) is 0 Å². The van der Waals surface area contributed by atoms with E-state index in [9.17, 15) is 0 Å². The van der Waals surface area contributed by atoms with Crippen LogP contribution in [0.2, 0.25) is 0 Å². The van der Waals surface area contributed by atoms with Crippen LogP contribution < -0.4 is 0 Å². The second-order valence-corrected chi connectivity index (χ2v) is 8.59. The smallest absolute Gasteiger partial charge is 0.0392 e. The first-order chi connectivity index (χ1) is 8.47. The first kappa shape index (κ1) is 14.0. The average Bonchev–Trinajstić information content (AvgIpc) is 2.38. The van der Waals surface area contributed by atoms with Crippen LogP contribution in [-0.4, -0.2) is 28.1 Å². The summed E-state index contributed by atoms with van der Waals surface area (Å²) in [4.78, 5) is 0. The first-order valence-electron chi connectivity index (χ1n) is 5.84. The Morgan fingerprint density at radius 3 is 1.65 bits per heavy atom. The third-order valence-corrected chi connectivity index (χ3v) is 7.40. The van der Waals surface area contributed by atoms with Crippen molar-refractivity contribution < 1.29 is 0 Å². The number of thioether (sulfide) groups is 4. The monoisotopic (exact) mass is 302 g/mol. The standard InChI is InChI=1S/C13H18S4/c1-2-4-13-10-15-6-8-17-11-16-7-5-14-9-12(13)3-1/h1-4H,5-11H2. The van der Waals surface area contributed by atoms with E-state index in [4.69, 9.17) is 0 Å². The molecule has 0 N–H and O–H groups in total. The summed E-state index contributed by atoms with van der Waals surface area (Å²) in [7, 11) is 0. The molecule has 1 heterocycles. The lowest BCUT2D eigenvalue weighted by atomic mass is 10.1. The second kappa shape index (κ2) is 8.68. The lowest BCUT2D eigenvalue weighted by Gasteiger charge is -2.08. The van der Waals surface area contributed by atoms with Gasteiger partial charge in [0.25, 0.3) is 0 Å². The first-order valence-corrected chi connectivity index (χ1v) is 10.5. The molecule has 0 saturated heterocycles. The van der Waals surface area contributed by atoms with Crippen molar-refractivity contribution in [2.45, 2.75) is 11.5 Å². The highest BCUT2D eigenvalue weighted by molar-refractivity contribution is 8.16. The fourth-order valence-electron chi connectivity index (χ4n) is 1.62. The third-order valence-electron chi connectivity index (χ3n) is 2.54. The van der Waals surface area contributed by atoms with Gasteiger partial charge in [-0.2, -0.15) is 47.0 Å². The normalized spacial score (nSPS) is 19.5. The quantitative estimate of drug-likeness (QED) is 0.687. The van der Waals surface area contributed by atoms with Crippen molar-refractivity contribution in [2.75, 3.05) is 28.1 Å². The molecule has 0 fully saturated rings. The van der Waals surface area contributed by atoms with Gasteiger partial charge in [-0.05, 0) is 11.1 Å². The van der Waals surface area contributed by atoms with Gasteiger partial charge in [0.1, 0.15) is 0 Å². The molecule has 0 atom stereocenters. The number of hydrogen-bond acceptors (Lipinski definition) is 4. The van der Waals surface area contributed by atoms with Crippen molar-refractivity contribution in [3.63, 3.8) is 0 Å². The lowest BCUT2D eigenvalue weighted by molar-refractivity contribution is 1.27. The van der Waals surface area contributed by atoms with Crippen molar-refractivity contribution in [3.8, 4) is 0 Å². The Morgan fingerprint density at radius 2 is 1.12 bits per heavy atom. The highest BCUT2D eigenvalue weighted by Crippen LogP contribution is 2.24. The molecule has 0 amide bonds. The van der Waals surface area contributed by atoms with Crippen LogP contribution in [-0.2, 0) is 11.5 Å². The highest BCUT2D eigenvalue weighted by atomic mass is 32.2. The van der Waals surface area contributed by atoms with Crippen LogP contribution in [0.4, 0.5) is 0 Å². The van der Waals surface area contributed by atoms with Crippen LogP contribution in [0.1, 0.15) is 11.1 Å². The van der Waals surface area contributed by atoms with E-state index in [0.29, 0.717) is 0 Å². The molecule has 1 aliphatic rings. The van der Waals surface area contributed by atoms with Gasteiger partial charge in [-0.3, -0.25) is 0 Å². The predicted octanol–water partition coefficient (Wildman–Crippen LogP) is 4.59. The Morgan fingerprint density at radius 1 is 0.647 bits per heavy atom. The second-order valence-electron chi connectivity index (χ2n) is 3.81. The Labute approximate surface area is 121 Å². The summed E-state index contributed by atoms with van der Waals surface area (Å²) < 4.78 is 0. The van der Waals surface area contributed by atoms with E-state index in [1.165, 1.54) is 39.6 Å². The molecule has 2 rings (SSSR count). The molecule has 0 bridgehead atoms. The van der Waals surface area contributed by atoms with Crippen molar-refractivity contribution in [1.29, 1.82) is 0 Å². The van der Waals surface area contributed by atoms with Crippen LogP contribution in [0.15, 0.2) is 24.3 Å². The van der Waals surface area contributed by atoms with E-state index in [-0.39, 0.29) is 0 Å².